The molecule has 17 heavy (non-hydrogen) atoms. The van der Waals surface area contributed by atoms with Gasteiger partial charge in [0.25, 0.3) is 0 Å². The first-order chi connectivity index (χ1) is 7.99. The molecule has 0 fully saturated rings. The highest BCUT2D eigenvalue weighted by Crippen LogP contribution is 2.36. The van der Waals surface area contributed by atoms with Gasteiger partial charge in [-0.25, -0.2) is 8.78 Å². The summed E-state index contributed by atoms with van der Waals surface area (Å²) in [6, 6.07) is 6.07. The highest BCUT2D eigenvalue weighted by Gasteiger charge is 2.16. The first-order valence-electron chi connectivity index (χ1n) is 5.15. The third kappa shape index (κ3) is 2.58. The lowest BCUT2D eigenvalue weighted by Gasteiger charge is -2.10. The van der Waals surface area contributed by atoms with Crippen LogP contribution in [0.3, 0.4) is 0 Å². The number of alkyl halides is 1. The van der Waals surface area contributed by atoms with Crippen molar-refractivity contribution in [1.82, 2.24) is 0 Å². The molecule has 1 unspecified atom stereocenters. The standard InChI is InChI=1S/C13H11BrF2S/c1-7-5-10(8(2)17-7)13(14)9-3-4-11(15)12(16)6-9/h3-6,13H,1-2H3. The summed E-state index contributed by atoms with van der Waals surface area (Å²) in [5.41, 5.74) is 1.84. The van der Waals surface area contributed by atoms with Crippen molar-refractivity contribution in [2.75, 3.05) is 0 Å². The highest BCUT2D eigenvalue weighted by atomic mass is 79.9. The Balaban J connectivity index is 2.40. The molecule has 0 N–H and O–H groups in total. The van der Waals surface area contributed by atoms with Crippen molar-refractivity contribution >= 4 is 27.3 Å². The topological polar surface area (TPSA) is 0 Å². The van der Waals surface area contributed by atoms with Gasteiger partial charge in [-0.1, -0.05) is 22.0 Å². The number of thiophene rings is 1. The fraction of sp³-hybridized carbons (Fsp3) is 0.231. The molecule has 0 spiro atoms. The molecule has 0 aliphatic rings. The van der Waals surface area contributed by atoms with E-state index in [4.69, 9.17) is 0 Å². The van der Waals surface area contributed by atoms with Gasteiger partial charge >= 0.3 is 0 Å². The minimum Gasteiger partial charge on any atom is -0.204 e. The Morgan fingerprint density at radius 2 is 1.82 bits per heavy atom. The average Bonchev–Trinajstić information content (AvgIpc) is 2.61. The van der Waals surface area contributed by atoms with Crippen LogP contribution in [-0.4, -0.2) is 0 Å². The Morgan fingerprint density at radius 1 is 1.12 bits per heavy atom. The second-order valence-electron chi connectivity index (χ2n) is 3.90. The third-order valence-corrected chi connectivity index (χ3v) is 4.59. The molecule has 1 aromatic heterocycles. The molecule has 0 aliphatic carbocycles. The predicted molar refractivity (Wildman–Crippen MR) is 70.9 cm³/mol. The summed E-state index contributed by atoms with van der Waals surface area (Å²) in [5.74, 6) is -1.62. The van der Waals surface area contributed by atoms with E-state index in [1.165, 1.54) is 15.8 Å². The van der Waals surface area contributed by atoms with Crippen LogP contribution in [0.5, 0.6) is 0 Å². The monoisotopic (exact) mass is 316 g/mol. The maximum Gasteiger partial charge on any atom is 0.159 e. The lowest BCUT2D eigenvalue weighted by molar-refractivity contribution is 0.507. The molecule has 0 saturated heterocycles. The van der Waals surface area contributed by atoms with Crippen LogP contribution in [0, 0.1) is 25.5 Å². The van der Waals surface area contributed by atoms with Gasteiger partial charge in [0.05, 0.1) is 4.83 Å². The van der Waals surface area contributed by atoms with Crippen LogP contribution in [-0.2, 0) is 0 Å². The molecule has 2 rings (SSSR count). The van der Waals surface area contributed by atoms with Crippen LogP contribution in [0.4, 0.5) is 8.78 Å². The van der Waals surface area contributed by atoms with Crippen LogP contribution < -0.4 is 0 Å². The van der Waals surface area contributed by atoms with Crippen molar-refractivity contribution in [3.05, 3.63) is 56.8 Å². The summed E-state index contributed by atoms with van der Waals surface area (Å²) in [7, 11) is 0. The van der Waals surface area contributed by atoms with Crippen LogP contribution in [0.2, 0.25) is 0 Å². The van der Waals surface area contributed by atoms with Gasteiger partial charge in [-0.15, -0.1) is 11.3 Å². The minimum atomic E-state index is -0.813. The fourth-order valence-electron chi connectivity index (χ4n) is 1.75. The summed E-state index contributed by atoms with van der Waals surface area (Å²) in [6.07, 6.45) is 0. The SMILES string of the molecule is Cc1cc(C(Br)c2ccc(F)c(F)c2)c(C)s1. The van der Waals surface area contributed by atoms with Crippen LogP contribution >= 0.6 is 27.3 Å². The molecule has 0 bridgehead atoms. The van der Waals surface area contributed by atoms with Gasteiger partial charge in [0.1, 0.15) is 0 Å². The second-order valence-corrected chi connectivity index (χ2v) is 6.28. The summed E-state index contributed by atoms with van der Waals surface area (Å²) in [4.78, 5) is 2.31. The number of benzene rings is 1. The van der Waals surface area contributed by atoms with Crippen molar-refractivity contribution in [3.8, 4) is 0 Å². The first kappa shape index (κ1) is 12.7. The molecule has 1 atom stereocenters. The van der Waals surface area contributed by atoms with Gasteiger partial charge in [-0.05, 0) is 43.2 Å². The molecular formula is C13H11BrF2S. The zero-order valence-electron chi connectivity index (χ0n) is 9.43. The Labute approximate surface area is 111 Å². The van der Waals surface area contributed by atoms with Crippen LogP contribution in [0.1, 0.15) is 25.7 Å². The van der Waals surface area contributed by atoms with E-state index < -0.39 is 11.6 Å². The molecule has 1 aromatic carbocycles. The Bertz CT molecular complexity index is 548. The third-order valence-electron chi connectivity index (χ3n) is 2.59. The summed E-state index contributed by atoms with van der Waals surface area (Å²) < 4.78 is 26.0. The Morgan fingerprint density at radius 3 is 2.35 bits per heavy atom. The molecule has 1 heterocycles. The number of aryl methyl sites for hydroxylation is 2. The zero-order chi connectivity index (χ0) is 12.6. The lowest BCUT2D eigenvalue weighted by Crippen LogP contribution is -1.95. The minimum absolute atomic E-state index is 0.0949. The van der Waals surface area contributed by atoms with E-state index in [1.54, 1.807) is 17.4 Å². The zero-order valence-corrected chi connectivity index (χ0v) is 11.8. The van der Waals surface area contributed by atoms with Gasteiger partial charge in [-0.3, -0.25) is 0 Å². The largest absolute Gasteiger partial charge is 0.204 e. The van der Waals surface area contributed by atoms with E-state index in [2.05, 4.69) is 22.0 Å². The molecule has 90 valence electrons. The molecular weight excluding hydrogens is 306 g/mol. The normalized spacial score (nSPS) is 12.8. The van der Waals surface area contributed by atoms with E-state index in [0.29, 0.717) is 0 Å². The van der Waals surface area contributed by atoms with E-state index in [-0.39, 0.29) is 4.83 Å². The lowest BCUT2D eigenvalue weighted by atomic mass is 10.1. The highest BCUT2D eigenvalue weighted by molar-refractivity contribution is 9.09. The van der Waals surface area contributed by atoms with Gasteiger partial charge in [0, 0.05) is 9.75 Å². The van der Waals surface area contributed by atoms with Gasteiger partial charge in [-0.2, -0.15) is 0 Å². The maximum absolute atomic E-state index is 13.2. The molecule has 0 amide bonds. The van der Waals surface area contributed by atoms with E-state index >= 15 is 0 Å². The Hall–Kier alpha value is -0.740. The smallest absolute Gasteiger partial charge is 0.159 e. The Kier molecular flexibility index (Phi) is 3.64. The van der Waals surface area contributed by atoms with E-state index in [1.807, 2.05) is 13.8 Å². The van der Waals surface area contributed by atoms with Crippen molar-refractivity contribution in [2.45, 2.75) is 18.7 Å². The number of halogens is 3. The molecule has 0 radical (unpaired) electrons. The van der Waals surface area contributed by atoms with Gasteiger partial charge in [0.2, 0.25) is 0 Å². The maximum atomic E-state index is 13.2. The molecule has 0 aliphatic heterocycles. The first-order valence-corrected chi connectivity index (χ1v) is 6.88. The summed E-state index contributed by atoms with van der Waals surface area (Å²) >= 11 is 5.24. The molecule has 2 aromatic rings. The van der Waals surface area contributed by atoms with Gasteiger partial charge < -0.3 is 0 Å². The average molecular weight is 317 g/mol. The number of hydrogen-bond acceptors (Lipinski definition) is 1. The molecule has 0 saturated carbocycles. The van der Waals surface area contributed by atoms with Crippen LogP contribution in [0.25, 0.3) is 0 Å². The van der Waals surface area contributed by atoms with Crippen molar-refractivity contribution in [2.24, 2.45) is 0 Å². The van der Waals surface area contributed by atoms with Crippen molar-refractivity contribution in [1.29, 1.82) is 0 Å². The van der Waals surface area contributed by atoms with Crippen molar-refractivity contribution < 1.29 is 8.78 Å². The van der Waals surface area contributed by atoms with Gasteiger partial charge in [0.15, 0.2) is 11.6 Å². The van der Waals surface area contributed by atoms with Crippen molar-refractivity contribution in [3.63, 3.8) is 0 Å². The quantitative estimate of drug-likeness (QED) is 0.674. The number of hydrogen-bond donors (Lipinski definition) is 0. The molecule has 4 heteroatoms. The fourth-order valence-corrected chi connectivity index (χ4v) is 3.63. The predicted octanol–water partition coefficient (Wildman–Crippen LogP) is 5.13. The number of rotatable bonds is 2. The van der Waals surface area contributed by atoms with Crippen LogP contribution in [0.15, 0.2) is 24.3 Å². The molecule has 0 nitrogen and oxygen atoms in total. The second kappa shape index (κ2) is 4.86. The van der Waals surface area contributed by atoms with E-state index in [9.17, 15) is 8.78 Å². The summed E-state index contributed by atoms with van der Waals surface area (Å²) in [6.45, 7) is 4.06. The van der Waals surface area contributed by atoms with E-state index in [0.717, 1.165) is 17.2 Å². The summed E-state index contributed by atoms with van der Waals surface area (Å²) in [5, 5.41) is 0.